The Morgan fingerprint density at radius 1 is 0.632 bits per heavy atom. The fourth-order valence-electron chi connectivity index (χ4n) is 7.10. The summed E-state index contributed by atoms with van der Waals surface area (Å²) in [5.74, 6) is 4.66. The normalized spacial score (nSPS) is 31.4. The first-order valence-electron chi connectivity index (χ1n) is 8.42. The monoisotopic (exact) mass is 262 g/mol. The zero-order chi connectivity index (χ0) is 14.6. The second-order valence-electron chi connectivity index (χ2n) is 8.32. The third-order valence-corrected chi connectivity index (χ3v) is 6.88. The van der Waals surface area contributed by atoms with Crippen molar-refractivity contribution in [1.29, 1.82) is 0 Å². The molecule has 0 spiro atoms. The van der Waals surface area contributed by atoms with Crippen LogP contribution in [0.2, 0.25) is 0 Å². The van der Waals surface area contributed by atoms with E-state index in [0.29, 0.717) is 10.8 Å². The van der Waals surface area contributed by atoms with Gasteiger partial charge in [-0.2, -0.15) is 0 Å². The molecule has 2 unspecified atom stereocenters. The van der Waals surface area contributed by atoms with E-state index in [1.165, 1.54) is 6.42 Å². The van der Waals surface area contributed by atoms with Crippen LogP contribution >= 0.6 is 0 Å². The van der Waals surface area contributed by atoms with Crippen molar-refractivity contribution >= 4 is 0 Å². The van der Waals surface area contributed by atoms with Crippen molar-refractivity contribution in [1.82, 2.24) is 0 Å². The van der Waals surface area contributed by atoms with Gasteiger partial charge in [0.25, 0.3) is 0 Å². The van der Waals surface area contributed by atoms with E-state index >= 15 is 0 Å². The van der Waals surface area contributed by atoms with E-state index in [0.717, 1.165) is 35.5 Å². The lowest BCUT2D eigenvalue weighted by Crippen LogP contribution is -2.57. The molecule has 2 aliphatic carbocycles. The van der Waals surface area contributed by atoms with Crippen LogP contribution in [0.25, 0.3) is 0 Å². The summed E-state index contributed by atoms with van der Waals surface area (Å²) in [4.78, 5) is 0. The molecule has 0 aromatic rings. The third kappa shape index (κ3) is 1.52. The molecule has 2 aliphatic rings. The molecule has 1 fully saturated rings. The number of fused-ring (bicyclic) bond motifs is 2. The molecule has 19 heavy (non-hydrogen) atoms. The van der Waals surface area contributed by atoms with Crippen LogP contribution in [0.4, 0.5) is 0 Å². The fourth-order valence-corrected chi connectivity index (χ4v) is 7.10. The van der Waals surface area contributed by atoms with Gasteiger partial charge in [-0.25, -0.2) is 0 Å². The predicted octanol–water partition coefficient (Wildman–Crippen LogP) is 5.79. The van der Waals surface area contributed by atoms with Gasteiger partial charge >= 0.3 is 0 Å². The Morgan fingerprint density at radius 3 is 1.11 bits per heavy atom. The van der Waals surface area contributed by atoms with Gasteiger partial charge in [0.15, 0.2) is 0 Å². The summed E-state index contributed by atoms with van der Waals surface area (Å²) in [7, 11) is 0. The van der Waals surface area contributed by atoms with E-state index in [1.807, 2.05) is 0 Å². The first-order chi connectivity index (χ1) is 8.73. The minimum Gasteiger partial charge on any atom is -0.0845 e. The SMILES string of the molecule is CC(C)C1(C(C)C)C2C=CC(C2)C1(C(C)C)C(C)C. The molecule has 0 amide bonds. The molecule has 1 saturated carbocycles. The van der Waals surface area contributed by atoms with Crippen molar-refractivity contribution in [3.8, 4) is 0 Å². The van der Waals surface area contributed by atoms with Crippen LogP contribution < -0.4 is 0 Å². The second kappa shape index (κ2) is 4.64. The van der Waals surface area contributed by atoms with Gasteiger partial charge < -0.3 is 0 Å². The van der Waals surface area contributed by atoms with Crippen LogP contribution in [0, 0.1) is 46.3 Å². The van der Waals surface area contributed by atoms with Crippen molar-refractivity contribution in [2.75, 3.05) is 0 Å². The highest BCUT2D eigenvalue weighted by molar-refractivity contribution is 5.27. The number of hydrogen-bond donors (Lipinski definition) is 0. The van der Waals surface area contributed by atoms with Crippen LogP contribution in [0.3, 0.4) is 0 Å². The van der Waals surface area contributed by atoms with E-state index in [9.17, 15) is 0 Å². The maximum atomic E-state index is 2.56. The molecule has 0 aromatic carbocycles. The van der Waals surface area contributed by atoms with Crippen molar-refractivity contribution in [2.24, 2.45) is 46.3 Å². The molecule has 0 radical (unpaired) electrons. The topological polar surface area (TPSA) is 0 Å². The molecule has 2 rings (SSSR count). The molecule has 0 aliphatic heterocycles. The van der Waals surface area contributed by atoms with Gasteiger partial charge in [-0.3, -0.25) is 0 Å². The molecular formula is C19H34. The summed E-state index contributed by atoms with van der Waals surface area (Å²) >= 11 is 0. The van der Waals surface area contributed by atoms with Gasteiger partial charge in [-0.05, 0) is 52.8 Å². The van der Waals surface area contributed by atoms with E-state index < -0.39 is 0 Å². The third-order valence-electron chi connectivity index (χ3n) is 6.88. The molecular weight excluding hydrogens is 228 g/mol. The lowest BCUT2D eigenvalue weighted by Gasteiger charge is -2.61. The number of hydrogen-bond acceptors (Lipinski definition) is 0. The summed E-state index contributed by atoms with van der Waals surface area (Å²) in [6, 6.07) is 0. The zero-order valence-electron chi connectivity index (χ0n) is 14.3. The Balaban J connectivity index is 2.71. The van der Waals surface area contributed by atoms with Crippen molar-refractivity contribution in [2.45, 2.75) is 61.8 Å². The second-order valence-corrected chi connectivity index (χ2v) is 8.32. The molecule has 2 bridgehead atoms. The molecule has 0 saturated heterocycles. The first-order valence-corrected chi connectivity index (χ1v) is 8.42. The largest absolute Gasteiger partial charge is 0.0845 e. The van der Waals surface area contributed by atoms with Gasteiger partial charge in [-0.1, -0.05) is 67.5 Å². The van der Waals surface area contributed by atoms with Crippen molar-refractivity contribution in [3.63, 3.8) is 0 Å². The van der Waals surface area contributed by atoms with Crippen molar-refractivity contribution < 1.29 is 0 Å². The highest BCUT2D eigenvalue weighted by atomic mass is 14.7. The Hall–Kier alpha value is -0.260. The molecule has 110 valence electrons. The van der Waals surface area contributed by atoms with Gasteiger partial charge in [-0.15, -0.1) is 0 Å². The molecule has 0 nitrogen and oxygen atoms in total. The van der Waals surface area contributed by atoms with E-state index in [2.05, 4.69) is 67.5 Å². The van der Waals surface area contributed by atoms with Crippen LogP contribution in [0.5, 0.6) is 0 Å². The van der Waals surface area contributed by atoms with Crippen LogP contribution in [-0.4, -0.2) is 0 Å². The Kier molecular flexibility index (Phi) is 3.69. The molecule has 0 aromatic heterocycles. The average molecular weight is 262 g/mol. The summed E-state index contributed by atoms with van der Waals surface area (Å²) in [5, 5.41) is 0. The standard InChI is InChI=1S/C19H34/c1-12(2)18(13(3)4)16-9-10-17(11-16)19(18,14(5)6)15(7)8/h9-10,12-17H,11H2,1-8H3. The lowest BCUT2D eigenvalue weighted by atomic mass is 9.42. The van der Waals surface area contributed by atoms with Crippen molar-refractivity contribution in [3.05, 3.63) is 12.2 Å². The average Bonchev–Trinajstić information content (AvgIpc) is 2.84. The quantitative estimate of drug-likeness (QED) is 0.563. The maximum absolute atomic E-state index is 2.56. The molecule has 0 heteroatoms. The highest BCUT2D eigenvalue weighted by Gasteiger charge is 2.69. The Labute approximate surface area is 121 Å². The summed E-state index contributed by atoms with van der Waals surface area (Å²) in [6.07, 6.45) is 6.54. The maximum Gasteiger partial charge on any atom is -0.0121 e. The minimum atomic E-state index is 0.481. The first kappa shape index (κ1) is 15.1. The smallest absolute Gasteiger partial charge is 0.0121 e. The number of allylic oxidation sites excluding steroid dienone is 2. The Bertz CT molecular complexity index is 306. The van der Waals surface area contributed by atoms with E-state index in [-0.39, 0.29) is 0 Å². The van der Waals surface area contributed by atoms with Gasteiger partial charge in [0.2, 0.25) is 0 Å². The fraction of sp³-hybridized carbons (Fsp3) is 0.895. The lowest BCUT2D eigenvalue weighted by molar-refractivity contribution is -0.126. The minimum absolute atomic E-state index is 0.481. The van der Waals surface area contributed by atoms with Gasteiger partial charge in [0.1, 0.15) is 0 Å². The van der Waals surface area contributed by atoms with Crippen LogP contribution in [-0.2, 0) is 0 Å². The van der Waals surface area contributed by atoms with Gasteiger partial charge in [0, 0.05) is 0 Å². The van der Waals surface area contributed by atoms with E-state index in [4.69, 9.17) is 0 Å². The highest BCUT2D eigenvalue weighted by Crippen LogP contribution is 2.74. The zero-order valence-corrected chi connectivity index (χ0v) is 14.3. The Morgan fingerprint density at radius 2 is 0.895 bits per heavy atom. The predicted molar refractivity (Wildman–Crippen MR) is 85.0 cm³/mol. The number of rotatable bonds is 4. The summed E-state index contributed by atoms with van der Waals surface area (Å²) in [6.45, 7) is 19.8. The summed E-state index contributed by atoms with van der Waals surface area (Å²) in [5.41, 5.74) is 0.962. The molecule has 2 atom stereocenters. The molecule has 0 heterocycles. The van der Waals surface area contributed by atoms with Gasteiger partial charge in [0.05, 0.1) is 0 Å². The van der Waals surface area contributed by atoms with Crippen LogP contribution in [0.15, 0.2) is 12.2 Å². The summed E-state index contributed by atoms with van der Waals surface area (Å²) < 4.78 is 0. The molecule has 0 N–H and O–H groups in total. The van der Waals surface area contributed by atoms with E-state index in [1.54, 1.807) is 0 Å². The van der Waals surface area contributed by atoms with Crippen LogP contribution in [0.1, 0.15) is 61.8 Å².